The Bertz CT molecular complexity index is 382. The van der Waals surface area contributed by atoms with Gasteiger partial charge < -0.3 is 9.94 Å². The summed E-state index contributed by atoms with van der Waals surface area (Å²) in [5, 5.41) is 9.35. The first-order valence-electron chi connectivity index (χ1n) is 4.04. The maximum Gasteiger partial charge on any atom is 0.337 e. The van der Waals surface area contributed by atoms with E-state index in [1.807, 2.05) is 0 Å². The summed E-state index contributed by atoms with van der Waals surface area (Å²) in [5.74, 6) is -1.09. The van der Waals surface area contributed by atoms with Gasteiger partial charge in [0, 0.05) is 17.1 Å². The second-order valence-corrected chi connectivity index (χ2v) is 3.50. The molecule has 0 radical (unpaired) electrons. The van der Waals surface area contributed by atoms with Gasteiger partial charge >= 0.3 is 5.97 Å². The minimum absolute atomic E-state index is 0.0222. The molecule has 0 aliphatic heterocycles. The average molecular weight is 250 g/mol. The number of benzene rings is 1. The molecule has 0 unspecified atom stereocenters. The van der Waals surface area contributed by atoms with Gasteiger partial charge in [0.2, 0.25) is 0 Å². The van der Waals surface area contributed by atoms with E-state index in [9.17, 15) is 4.79 Å². The summed E-state index contributed by atoms with van der Waals surface area (Å²) in [6.45, 7) is 0.245. The molecular weight excluding hydrogens is 241 g/mol. The van der Waals surface area contributed by atoms with Crippen LogP contribution in [0.5, 0.6) is 0 Å². The molecule has 0 atom stereocenters. The zero-order valence-electron chi connectivity index (χ0n) is 7.88. The molecular formula is C9H9Cl2NO3. The van der Waals surface area contributed by atoms with Crippen molar-refractivity contribution in [1.29, 1.82) is 0 Å². The van der Waals surface area contributed by atoms with Crippen LogP contribution in [0.1, 0.15) is 15.9 Å². The monoisotopic (exact) mass is 249 g/mol. The summed E-state index contributed by atoms with van der Waals surface area (Å²) in [6.07, 6.45) is 0. The van der Waals surface area contributed by atoms with E-state index in [0.717, 1.165) is 0 Å². The Balaban J connectivity index is 3.12. The largest absolute Gasteiger partial charge is 0.478 e. The third kappa shape index (κ3) is 2.82. The smallest absolute Gasteiger partial charge is 0.337 e. The lowest BCUT2D eigenvalue weighted by atomic mass is 10.1. The standard InChI is InChI=1S/C9H9Cl2NO3/c1-15-12-4-6-7(10)3-2-5(8(6)11)9(13)14/h2-3,12H,4H2,1H3,(H,13,14). The van der Waals surface area contributed by atoms with Crippen molar-refractivity contribution in [1.82, 2.24) is 5.48 Å². The molecule has 82 valence electrons. The van der Waals surface area contributed by atoms with Crippen LogP contribution in [0.2, 0.25) is 10.0 Å². The van der Waals surface area contributed by atoms with E-state index >= 15 is 0 Å². The molecule has 0 saturated heterocycles. The lowest BCUT2D eigenvalue weighted by Gasteiger charge is -2.09. The fourth-order valence-corrected chi connectivity index (χ4v) is 1.65. The predicted molar refractivity (Wildman–Crippen MR) is 57.3 cm³/mol. The molecule has 0 bridgehead atoms. The van der Waals surface area contributed by atoms with Crippen molar-refractivity contribution < 1.29 is 14.7 Å². The van der Waals surface area contributed by atoms with Gasteiger partial charge in [0.25, 0.3) is 0 Å². The number of halogens is 2. The highest BCUT2D eigenvalue weighted by molar-refractivity contribution is 6.37. The van der Waals surface area contributed by atoms with Crippen LogP contribution in [0.15, 0.2) is 12.1 Å². The summed E-state index contributed by atoms with van der Waals surface area (Å²) in [7, 11) is 1.45. The number of rotatable bonds is 4. The van der Waals surface area contributed by atoms with E-state index in [-0.39, 0.29) is 17.1 Å². The molecule has 2 N–H and O–H groups in total. The first-order chi connectivity index (χ1) is 7.07. The van der Waals surface area contributed by atoms with Crippen LogP contribution in [-0.4, -0.2) is 18.2 Å². The molecule has 1 aromatic rings. The van der Waals surface area contributed by atoms with Crippen molar-refractivity contribution in [3.8, 4) is 0 Å². The van der Waals surface area contributed by atoms with Gasteiger partial charge in [-0.3, -0.25) is 0 Å². The number of hydrogen-bond acceptors (Lipinski definition) is 3. The van der Waals surface area contributed by atoms with Crippen LogP contribution < -0.4 is 5.48 Å². The van der Waals surface area contributed by atoms with Crippen LogP contribution >= 0.6 is 23.2 Å². The van der Waals surface area contributed by atoms with Crippen molar-refractivity contribution >= 4 is 29.2 Å². The van der Waals surface area contributed by atoms with E-state index in [4.69, 9.17) is 28.3 Å². The van der Waals surface area contributed by atoms with Crippen molar-refractivity contribution in [2.75, 3.05) is 7.11 Å². The maximum absolute atomic E-state index is 10.8. The number of hydroxylamine groups is 1. The molecule has 0 aromatic heterocycles. The minimum Gasteiger partial charge on any atom is -0.478 e. The second kappa shape index (κ2) is 5.32. The summed E-state index contributed by atoms with van der Waals surface area (Å²) >= 11 is 11.8. The molecule has 0 fully saturated rings. The number of carboxylic acids is 1. The van der Waals surface area contributed by atoms with Crippen LogP contribution in [0.25, 0.3) is 0 Å². The Kier molecular flexibility index (Phi) is 4.35. The van der Waals surface area contributed by atoms with Crippen LogP contribution in [-0.2, 0) is 11.4 Å². The zero-order valence-corrected chi connectivity index (χ0v) is 9.39. The summed E-state index contributed by atoms with van der Waals surface area (Å²) in [6, 6.07) is 2.85. The van der Waals surface area contributed by atoms with E-state index in [2.05, 4.69) is 10.3 Å². The van der Waals surface area contributed by atoms with Gasteiger partial charge in [-0.05, 0) is 12.1 Å². The van der Waals surface area contributed by atoms with E-state index in [0.29, 0.717) is 10.6 Å². The molecule has 4 nitrogen and oxygen atoms in total. The lowest BCUT2D eigenvalue weighted by Crippen LogP contribution is -2.12. The van der Waals surface area contributed by atoms with Crippen LogP contribution in [0.4, 0.5) is 0 Å². The van der Waals surface area contributed by atoms with Crippen molar-refractivity contribution in [3.05, 3.63) is 33.3 Å². The first-order valence-corrected chi connectivity index (χ1v) is 4.79. The van der Waals surface area contributed by atoms with Gasteiger partial charge in [-0.1, -0.05) is 23.2 Å². The Hall–Kier alpha value is -0.810. The third-order valence-electron chi connectivity index (χ3n) is 1.81. The fourth-order valence-electron chi connectivity index (χ4n) is 1.07. The van der Waals surface area contributed by atoms with Gasteiger partial charge in [0.15, 0.2) is 0 Å². The SMILES string of the molecule is CONCc1c(Cl)ccc(C(=O)O)c1Cl. The number of aromatic carboxylic acids is 1. The van der Waals surface area contributed by atoms with Crippen molar-refractivity contribution in [2.24, 2.45) is 0 Å². The summed E-state index contributed by atoms with van der Waals surface area (Å²) in [5.41, 5.74) is 3.07. The predicted octanol–water partition coefficient (Wildman–Crippen LogP) is 2.34. The molecule has 0 aliphatic rings. The number of carboxylic acid groups (broad SMARTS) is 1. The van der Waals surface area contributed by atoms with Crippen molar-refractivity contribution in [3.63, 3.8) is 0 Å². The average Bonchev–Trinajstić information content (AvgIpc) is 2.17. The molecule has 6 heteroatoms. The van der Waals surface area contributed by atoms with E-state index in [1.165, 1.54) is 19.2 Å². The number of carbonyl (C=O) groups is 1. The number of nitrogens with one attached hydrogen (secondary N) is 1. The van der Waals surface area contributed by atoms with Crippen molar-refractivity contribution in [2.45, 2.75) is 6.54 Å². The Labute approximate surface area is 96.7 Å². The topological polar surface area (TPSA) is 58.6 Å². The summed E-state index contributed by atoms with van der Waals surface area (Å²) in [4.78, 5) is 15.4. The molecule has 1 aromatic carbocycles. The van der Waals surface area contributed by atoms with E-state index < -0.39 is 5.97 Å². The Morgan fingerprint density at radius 2 is 2.20 bits per heavy atom. The lowest BCUT2D eigenvalue weighted by molar-refractivity contribution is 0.0696. The summed E-state index contributed by atoms with van der Waals surface area (Å²) < 4.78 is 0. The highest BCUT2D eigenvalue weighted by atomic mass is 35.5. The maximum atomic E-state index is 10.8. The molecule has 0 spiro atoms. The number of hydrogen-bond donors (Lipinski definition) is 2. The Morgan fingerprint density at radius 3 is 2.73 bits per heavy atom. The van der Waals surface area contributed by atoms with Gasteiger partial charge in [-0.25, -0.2) is 4.79 Å². The zero-order chi connectivity index (χ0) is 11.4. The van der Waals surface area contributed by atoms with Gasteiger partial charge in [0.05, 0.1) is 17.7 Å². The second-order valence-electron chi connectivity index (χ2n) is 2.72. The third-order valence-corrected chi connectivity index (χ3v) is 2.60. The van der Waals surface area contributed by atoms with Crippen LogP contribution in [0.3, 0.4) is 0 Å². The molecule has 0 aliphatic carbocycles. The fraction of sp³-hybridized carbons (Fsp3) is 0.222. The highest BCUT2D eigenvalue weighted by Gasteiger charge is 2.14. The molecule has 15 heavy (non-hydrogen) atoms. The molecule has 0 amide bonds. The highest BCUT2D eigenvalue weighted by Crippen LogP contribution is 2.28. The van der Waals surface area contributed by atoms with Gasteiger partial charge in [-0.2, -0.15) is 5.48 Å². The normalized spacial score (nSPS) is 10.3. The molecule has 0 heterocycles. The van der Waals surface area contributed by atoms with E-state index in [1.54, 1.807) is 0 Å². The van der Waals surface area contributed by atoms with Gasteiger partial charge in [0.1, 0.15) is 0 Å². The Morgan fingerprint density at radius 1 is 1.53 bits per heavy atom. The molecule has 1 rings (SSSR count). The quantitative estimate of drug-likeness (QED) is 0.805. The first kappa shape index (κ1) is 12.3. The van der Waals surface area contributed by atoms with Crippen LogP contribution in [0, 0.1) is 0 Å². The molecule has 0 saturated carbocycles. The minimum atomic E-state index is -1.09. The van der Waals surface area contributed by atoms with Gasteiger partial charge in [-0.15, -0.1) is 0 Å².